The molecule has 22 nitrogen and oxygen atoms in total. The molecule has 0 aliphatic heterocycles. The van der Waals surface area contributed by atoms with Crippen LogP contribution in [0.3, 0.4) is 0 Å². The van der Waals surface area contributed by atoms with E-state index in [1.54, 1.807) is 117 Å². The van der Waals surface area contributed by atoms with Crippen molar-refractivity contribution in [2.45, 2.75) is 75.3 Å². The fraction of sp³-hybridized carbons (Fsp3) is 0.442. The number of carboxylic acid groups (broad SMARTS) is 1. The van der Waals surface area contributed by atoms with Crippen molar-refractivity contribution in [3.8, 4) is 12.1 Å². The van der Waals surface area contributed by atoms with E-state index in [-0.39, 0.29) is 72.0 Å². The second kappa shape index (κ2) is 60.7. The molecule has 0 saturated heterocycles. The lowest BCUT2D eigenvalue weighted by Gasteiger charge is -2.12. The van der Waals surface area contributed by atoms with Gasteiger partial charge in [-0.15, -0.1) is 15.5 Å². The van der Waals surface area contributed by atoms with Gasteiger partial charge in [-0.25, -0.2) is 9.78 Å². The zero-order valence-corrected chi connectivity index (χ0v) is 55.6. The van der Waals surface area contributed by atoms with Crippen molar-refractivity contribution in [3.05, 3.63) is 95.8 Å². The zero-order valence-electron chi connectivity index (χ0n) is 48.7. The summed E-state index contributed by atoms with van der Waals surface area (Å²) in [4.78, 5) is 95.4. The first-order valence-electron chi connectivity index (χ1n) is 24.8. The number of aromatic nitrogens is 2. The van der Waals surface area contributed by atoms with Crippen LogP contribution in [0.5, 0.6) is 0 Å². The monoisotopic (exact) mass is 1500 g/mol. The largest absolute Gasteiger partial charge is 0.478 e. The first-order valence-corrected chi connectivity index (χ1v) is 29.3. The first-order chi connectivity index (χ1) is 41.1. The maximum absolute atomic E-state index is 12.3. The number of hydrogen-bond donors (Lipinski definition) is 5. The number of amides is 1. The quantitative estimate of drug-likeness (QED) is 0.0253. The van der Waals surface area contributed by atoms with Crippen molar-refractivity contribution in [1.82, 2.24) is 14.9 Å². The number of nitrogens with two attached hydrogens (primary N) is 3. The summed E-state index contributed by atoms with van der Waals surface area (Å²) in [5.74, 6) is -4.64. The number of carbonyl (C=O) groups is 7. The molecule has 0 spiro atoms. The summed E-state index contributed by atoms with van der Waals surface area (Å²) in [5, 5.41) is 27.9. The summed E-state index contributed by atoms with van der Waals surface area (Å²) in [5.41, 5.74) is 18.0. The molecular formula is C52H79B9Br3IN8O14-3. The van der Waals surface area contributed by atoms with Crippen LogP contribution in [0.4, 0.5) is 11.4 Å². The smallest absolute Gasteiger partial charge is 0.337 e. The third-order valence-electron chi connectivity index (χ3n) is 9.11. The van der Waals surface area contributed by atoms with Crippen LogP contribution in [0.2, 0.25) is 0 Å². The number of rotatable bonds is 17. The summed E-state index contributed by atoms with van der Waals surface area (Å²) >= 11 is 11.9. The van der Waals surface area contributed by atoms with E-state index in [2.05, 4.69) is 117 Å². The molecule has 4 atom stereocenters. The van der Waals surface area contributed by atoms with Crippen LogP contribution in [-0.4, -0.2) is 175 Å². The lowest BCUT2D eigenvalue weighted by atomic mass is 9.40. The number of esters is 5. The Morgan fingerprint density at radius 3 is 1.49 bits per heavy atom. The Morgan fingerprint density at radius 2 is 1.09 bits per heavy atom. The molecule has 0 saturated carbocycles. The van der Waals surface area contributed by atoms with E-state index in [1.165, 1.54) is 23.9 Å². The van der Waals surface area contributed by atoms with Crippen LogP contribution < -0.4 is 28.1 Å². The average molecular weight is 1500 g/mol. The molecule has 1 amide bonds. The highest BCUT2D eigenvalue weighted by atomic mass is 127. The standard InChI is InChI=1S/C14H15BrN2O3.C13H17BrN2O3.C7H6BrNO2.C6H13NO2.C6H9NO2.C5H7NO2.CH3I.B3H6.B3H3.B3/c1-3-20-14(19)9(2)7-17-8-16-12-5-4-10(15)6-11(12)13(17)18;1-3-19-13(18)8(2)7-16-12(17)10-6-9(14)4-5-11(10)15;8-4-1-2-6(9)5(3-4)7(10)11;2*1-3-9-6(8)5(2)4-7;1-2-8-5(7)3-4-6;1-2;3*1-3-2/h4-6,8-9H,3,7H2,1-2H3;4-6,8H,3,7,15H2,1-2H3,(H,16,17);1-3H,9H2,(H,10,11);5H,3-4,7H2,1-2H3;5H,3H2,1-2H3;2-3H2,1H3;1H3;1-2H3;1H3;/q;;;;;;;-2;-1;. The minimum Gasteiger partial charge on any atom is -0.478 e. The molecule has 9 radical (unpaired) electrons. The van der Waals surface area contributed by atoms with E-state index in [9.17, 15) is 38.4 Å². The Hall–Kier alpha value is -5.62. The molecule has 0 aliphatic carbocycles. The van der Waals surface area contributed by atoms with Crippen molar-refractivity contribution < 1.29 is 62.4 Å². The minimum absolute atomic E-state index is 0.124. The van der Waals surface area contributed by atoms with Gasteiger partial charge >= 0.3 is 35.8 Å². The van der Waals surface area contributed by atoms with Gasteiger partial charge in [0.15, 0.2) is 0 Å². The summed E-state index contributed by atoms with van der Waals surface area (Å²) in [6.07, 6.45) is 1.32. The van der Waals surface area contributed by atoms with Gasteiger partial charge in [0.05, 0.1) is 91.3 Å². The van der Waals surface area contributed by atoms with Crippen LogP contribution in [0.1, 0.15) is 89.5 Å². The Balaban J connectivity index is -0.000000226. The third kappa shape index (κ3) is 48.0. The van der Waals surface area contributed by atoms with E-state index in [0.717, 1.165) is 31.5 Å². The number of aromatic carboxylic acids is 1. The molecule has 4 rings (SSSR count). The van der Waals surface area contributed by atoms with E-state index in [1.807, 2.05) is 11.0 Å². The highest BCUT2D eigenvalue weighted by Gasteiger charge is 2.18. The van der Waals surface area contributed by atoms with Gasteiger partial charge in [-0.3, -0.25) is 38.1 Å². The Labute approximate surface area is 560 Å². The molecule has 0 aliphatic rings. The van der Waals surface area contributed by atoms with Crippen LogP contribution in [0, 0.1) is 46.3 Å². The van der Waals surface area contributed by atoms with E-state index in [0.29, 0.717) is 73.9 Å². The van der Waals surface area contributed by atoms with E-state index >= 15 is 0 Å². The molecule has 469 valence electrons. The van der Waals surface area contributed by atoms with E-state index < -0.39 is 29.7 Å². The number of carboxylic acids is 1. The van der Waals surface area contributed by atoms with Crippen molar-refractivity contribution in [1.29, 1.82) is 10.5 Å². The number of nitrogens with one attached hydrogen (secondary N) is 1. The van der Waals surface area contributed by atoms with Crippen LogP contribution in [0.15, 0.2) is 79.1 Å². The number of nitrogens with zero attached hydrogens (tertiary/aromatic N) is 4. The highest BCUT2D eigenvalue weighted by Crippen LogP contribution is 2.20. The minimum atomic E-state index is -1.01. The van der Waals surface area contributed by atoms with Gasteiger partial charge in [0.25, 0.3) is 11.5 Å². The lowest BCUT2D eigenvalue weighted by molar-refractivity contribution is -0.148. The number of ether oxygens (including phenoxy) is 5. The van der Waals surface area contributed by atoms with Crippen molar-refractivity contribution >= 4 is 202 Å². The zero-order chi connectivity index (χ0) is 68.6. The van der Waals surface area contributed by atoms with Gasteiger partial charge in [-0.2, -0.15) is 17.6 Å². The molecular weight excluding hydrogens is 1420 g/mol. The molecule has 87 heavy (non-hydrogen) atoms. The lowest BCUT2D eigenvalue weighted by Crippen LogP contribution is -2.32. The van der Waals surface area contributed by atoms with E-state index in [4.69, 9.17) is 50.0 Å². The molecule has 4 unspecified atom stereocenters. The molecule has 1 aromatic heterocycles. The summed E-state index contributed by atoms with van der Waals surface area (Å²) in [7, 11) is 21.0. The van der Waals surface area contributed by atoms with Crippen LogP contribution in [-0.2, 0) is 54.2 Å². The molecule has 1 heterocycles. The van der Waals surface area contributed by atoms with Crippen molar-refractivity contribution in [2.24, 2.45) is 29.4 Å². The summed E-state index contributed by atoms with van der Waals surface area (Å²) < 4.78 is 27.2. The van der Waals surface area contributed by atoms with Crippen LogP contribution >= 0.6 is 70.4 Å². The van der Waals surface area contributed by atoms with Gasteiger partial charge in [-0.1, -0.05) is 98.9 Å². The second-order valence-electron chi connectivity index (χ2n) is 15.5. The fourth-order valence-electron chi connectivity index (χ4n) is 5.04. The van der Waals surface area contributed by atoms with Gasteiger partial charge in [-0.05, 0) is 109 Å². The Morgan fingerprint density at radius 1 is 0.701 bits per heavy atom. The Kier molecular flexibility index (Phi) is 64.5. The fourth-order valence-corrected chi connectivity index (χ4v) is 6.12. The molecule has 4 aromatic rings. The maximum Gasteiger partial charge on any atom is 0.337 e. The molecule has 0 fully saturated rings. The molecule has 0 bridgehead atoms. The average Bonchev–Trinajstić information content (AvgIpc) is 3.46. The number of anilines is 2. The number of benzene rings is 3. The third-order valence-corrected chi connectivity index (χ3v) is 10.6. The SMILES string of the molecule is CCOC(=O)C(C)C#N.CCOC(=O)C(C)CN.CCOC(=O)C(C)CNC(=O)c1cc(Br)ccc1N.CCOC(=O)C(C)Cn1cnc2ccc(Br)cc2c1=O.CCOC(=O)CC#N.CI.Nc1ccc(Br)cc1C(=O)O.[BH3-][B][BH3-].[B][B][BH3-].[B][B][B]. The number of fused-ring (bicyclic) bond motifs is 1. The number of nitriles is 2. The van der Waals surface area contributed by atoms with Gasteiger partial charge < -0.3 is 58.4 Å². The Bertz CT molecular complexity index is 2760. The van der Waals surface area contributed by atoms with Gasteiger partial charge in [0.1, 0.15) is 12.3 Å². The predicted molar refractivity (Wildman–Crippen MR) is 379 cm³/mol. The maximum atomic E-state index is 12.3. The normalized spacial score (nSPS) is 10.3. The number of carbonyl (C=O) groups excluding carboxylic acids is 6. The number of nitrogen functional groups attached to an aromatic ring is 2. The summed E-state index contributed by atoms with van der Waals surface area (Å²) in [6.45, 7) is 18.0. The number of alkyl halides is 1. The topological polar surface area (TPSA) is 358 Å². The first kappa shape index (κ1) is 92.5. The van der Waals surface area contributed by atoms with Gasteiger partial charge in [0.2, 0.25) is 0 Å². The highest BCUT2D eigenvalue weighted by molar-refractivity contribution is 14.1. The second-order valence-corrected chi connectivity index (χ2v) is 18.2. The van der Waals surface area contributed by atoms with Gasteiger partial charge in [0, 0.05) is 67.0 Å². The number of hydrogen-bond acceptors (Lipinski definition) is 19. The molecule has 8 N–H and O–H groups in total. The number of halogens is 4. The molecule has 3 aromatic carbocycles. The summed E-state index contributed by atoms with van der Waals surface area (Å²) in [6, 6.07) is 18.6. The predicted octanol–water partition coefficient (Wildman–Crippen LogP) is 2.58. The van der Waals surface area contributed by atoms with Crippen molar-refractivity contribution in [2.75, 3.05) is 62.5 Å². The van der Waals surface area contributed by atoms with Crippen LogP contribution in [0.25, 0.3) is 10.9 Å². The molecule has 35 heteroatoms. The van der Waals surface area contributed by atoms with Crippen molar-refractivity contribution in [3.63, 3.8) is 0 Å².